The minimum absolute atomic E-state index is 0.350. The third-order valence-electron chi connectivity index (χ3n) is 4.07. The smallest absolute Gasteiger partial charge is 0.0118 e. The Hall–Kier alpha value is -0.0800. The Balaban J connectivity index is 4.65. The van der Waals surface area contributed by atoms with Gasteiger partial charge in [0.2, 0.25) is 0 Å². The maximum atomic E-state index is 2.39. The molecule has 98 valence electrons. The molecule has 0 aliphatic heterocycles. The van der Waals surface area contributed by atoms with Crippen molar-refractivity contribution in [1.29, 1.82) is 0 Å². The summed E-state index contributed by atoms with van der Waals surface area (Å²) < 4.78 is 0. The molecule has 0 spiro atoms. The maximum Gasteiger partial charge on any atom is 0.0118 e. The largest absolute Gasteiger partial charge is 0.306 e. The Labute approximate surface area is 103 Å². The van der Waals surface area contributed by atoms with E-state index in [4.69, 9.17) is 0 Å². The van der Waals surface area contributed by atoms with Crippen LogP contribution < -0.4 is 0 Å². The molecule has 0 rings (SSSR count). The summed E-state index contributed by atoms with van der Waals surface area (Å²) in [6, 6.07) is 1.27. The molecule has 16 heavy (non-hydrogen) atoms. The summed E-state index contributed by atoms with van der Waals surface area (Å²) in [5.74, 6) is 0.712. The standard InChI is InChI=1S/C14H32N2/c1-11(2)13(16(8)9)10-14(4,5)12(3)15(6)7/h11-13H,10H2,1-9H3/t12-,13+/m0/s1. The summed E-state index contributed by atoms with van der Waals surface area (Å²) >= 11 is 0. The van der Waals surface area contributed by atoms with Crippen LogP contribution in [0.25, 0.3) is 0 Å². The van der Waals surface area contributed by atoms with Crippen LogP contribution in [0.1, 0.15) is 41.0 Å². The molecule has 0 unspecified atom stereocenters. The molecule has 2 atom stereocenters. The molecule has 0 aliphatic rings. The van der Waals surface area contributed by atoms with Crippen molar-refractivity contribution in [2.75, 3.05) is 28.2 Å². The first-order valence-corrected chi connectivity index (χ1v) is 6.42. The number of rotatable bonds is 6. The minimum atomic E-state index is 0.350. The molecule has 0 saturated heterocycles. The number of hydrogen-bond donors (Lipinski definition) is 0. The van der Waals surface area contributed by atoms with Crippen LogP contribution >= 0.6 is 0 Å². The van der Waals surface area contributed by atoms with E-state index >= 15 is 0 Å². The van der Waals surface area contributed by atoms with Crippen molar-refractivity contribution in [1.82, 2.24) is 9.80 Å². The van der Waals surface area contributed by atoms with E-state index in [2.05, 4.69) is 72.6 Å². The third-order valence-corrected chi connectivity index (χ3v) is 4.07. The molecule has 0 aliphatic carbocycles. The second kappa shape index (κ2) is 6.02. The van der Waals surface area contributed by atoms with Gasteiger partial charge in [-0.2, -0.15) is 0 Å². The molecule has 0 radical (unpaired) electrons. The van der Waals surface area contributed by atoms with Gasteiger partial charge in [0.1, 0.15) is 0 Å². The lowest BCUT2D eigenvalue weighted by Gasteiger charge is -2.41. The lowest BCUT2D eigenvalue weighted by Crippen LogP contribution is -2.44. The van der Waals surface area contributed by atoms with Gasteiger partial charge in [-0.15, -0.1) is 0 Å². The highest BCUT2D eigenvalue weighted by atomic mass is 15.1. The first-order valence-electron chi connectivity index (χ1n) is 6.42. The van der Waals surface area contributed by atoms with Gasteiger partial charge in [0.25, 0.3) is 0 Å². The summed E-state index contributed by atoms with van der Waals surface area (Å²) in [5.41, 5.74) is 0.350. The van der Waals surface area contributed by atoms with Crippen LogP contribution in [0.2, 0.25) is 0 Å². The van der Waals surface area contributed by atoms with Gasteiger partial charge in [0.15, 0.2) is 0 Å². The van der Waals surface area contributed by atoms with Crippen molar-refractivity contribution in [3.8, 4) is 0 Å². The average Bonchev–Trinajstić information content (AvgIpc) is 2.11. The Morgan fingerprint density at radius 1 is 0.875 bits per heavy atom. The predicted octanol–water partition coefficient (Wildman–Crippen LogP) is 2.94. The van der Waals surface area contributed by atoms with Crippen molar-refractivity contribution >= 4 is 0 Å². The van der Waals surface area contributed by atoms with Gasteiger partial charge in [-0.1, -0.05) is 27.7 Å². The van der Waals surface area contributed by atoms with E-state index in [9.17, 15) is 0 Å². The molecule has 0 amide bonds. The fraction of sp³-hybridized carbons (Fsp3) is 1.00. The summed E-state index contributed by atoms with van der Waals surface area (Å²) in [6.07, 6.45) is 1.25. The molecular weight excluding hydrogens is 196 g/mol. The van der Waals surface area contributed by atoms with Crippen molar-refractivity contribution in [3.05, 3.63) is 0 Å². The zero-order valence-electron chi connectivity index (χ0n) is 12.8. The first kappa shape index (κ1) is 15.9. The van der Waals surface area contributed by atoms with E-state index in [1.165, 1.54) is 6.42 Å². The van der Waals surface area contributed by atoms with Crippen molar-refractivity contribution in [2.24, 2.45) is 11.3 Å². The van der Waals surface area contributed by atoms with Crippen LogP contribution in [-0.2, 0) is 0 Å². The Kier molecular flexibility index (Phi) is 5.99. The van der Waals surface area contributed by atoms with E-state index < -0.39 is 0 Å². The fourth-order valence-corrected chi connectivity index (χ4v) is 2.42. The molecule has 0 aromatic rings. The zero-order valence-corrected chi connectivity index (χ0v) is 12.8. The van der Waals surface area contributed by atoms with Crippen LogP contribution in [0, 0.1) is 11.3 Å². The van der Waals surface area contributed by atoms with Gasteiger partial charge < -0.3 is 9.80 Å². The summed E-state index contributed by atoms with van der Waals surface area (Å²) in [6.45, 7) is 11.7. The fourth-order valence-electron chi connectivity index (χ4n) is 2.42. The summed E-state index contributed by atoms with van der Waals surface area (Å²) in [7, 11) is 8.74. The highest BCUT2D eigenvalue weighted by Gasteiger charge is 2.32. The second-order valence-corrected chi connectivity index (χ2v) is 6.61. The molecule has 0 aromatic heterocycles. The highest BCUT2D eigenvalue weighted by Crippen LogP contribution is 2.32. The van der Waals surface area contributed by atoms with Gasteiger partial charge >= 0.3 is 0 Å². The molecule has 0 bridgehead atoms. The van der Waals surface area contributed by atoms with Gasteiger partial charge in [-0.3, -0.25) is 0 Å². The van der Waals surface area contributed by atoms with Gasteiger partial charge in [0.05, 0.1) is 0 Å². The second-order valence-electron chi connectivity index (χ2n) is 6.61. The molecule has 0 N–H and O–H groups in total. The van der Waals surface area contributed by atoms with Gasteiger partial charge in [-0.25, -0.2) is 0 Å². The molecular formula is C14H32N2. The van der Waals surface area contributed by atoms with E-state index in [0.717, 1.165) is 0 Å². The van der Waals surface area contributed by atoms with Crippen molar-refractivity contribution < 1.29 is 0 Å². The summed E-state index contributed by atoms with van der Waals surface area (Å²) in [5, 5.41) is 0. The van der Waals surface area contributed by atoms with Gasteiger partial charge in [-0.05, 0) is 52.9 Å². The normalized spacial score (nSPS) is 17.2. The topological polar surface area (TPSA) is 6.48 Å². The quantitative estimate of drug-likeness (QED) is 0.690. The highest BCUT2D eigenvalue weighted by molar-refractivity contribution is 4.86. The molecule has 2 nitrogen and oxygen atoms in total. The molecule has 0 aromatic carbocycles. The lowest BCUT2D eigenvalue weighted by molar-refractivity contribution is 0.0871. The average molecular weight is 228 g/mol. The van der Waals surface area contributed by atoms with Crippen LogP contribution in [0.15, 0.2) is 0 Å². The van der Waals surface area contributed by atoms with E-state index in [0.29, 0.717) is 23.4 Å². The first-order chi connectivity index (χ1) is 7.09. The molecule has 2 heteroatoms. The van der Waals surface area contributed by atoms with E-state index in [1.807, 2.05) is 0 Å². The Morgan fingerprint density at radius 3 is 1.56 bits per heavy atom. The van der Waals surface area contributed by atoms with Crippen LogP contribution in [0.5, 0.6) is 0 Å². The monoisotopic (exact) mass is 228 g/mol. The SMILES string of the molecule is CC(C)[C@@H](CC(C)(C)[C@H](C)N(C)C)N(C)C. The predicted molar refractivity (Wildman–Crippen MR) is 73.9 cm³/mol. The lowest BCUT2D eigenvalue weighted by atomic mass is 9.76. The van der Waals surface area contributed by atoms with E-state index in [-0.39, 0.29) is 0 Å². The van der Waals surface area contributed by atoms with Crippen molar-refractivity contribution in [2.45, 2.75) is 53.1 Å². The summed E-state index contributed by atoms with van der Waals surface area (Å²) in [4.78, 5) is 4.70. The number of hydrogen-bond acceptors (Lipinski definition) is 2. The third kappa shape index (κ3) is 4.42. The number of nitrogens with zero attached hydrogens (tertiary/aromatic N) is 2. The maximum absolute atomic E-state index is 2.39. The molecule has 0 fully saturated rings. The van der Waals surface area contributed by atoms with Crippen LogP contribution in [0.3, 0.4) is 0 Å². The zero-order chi connectivity index (χ0) is 13.1. The molecule has 0 saturated carbocycles. The Morgan fingerprint density at radius 2 is 1.31 bits per heavy atom. The van der Waals surface area contributed by atoms with Crippen LogP contribution in [-0.4, -0.2) is 50.1 Å². The minimum Gasteiger partial charge on any atom is -0.306 e. The van der Waals surface area contributed by atoms with Crippen LogP contribution in [0.4, 0.5) is 0 Å². The van der Waals surface area contributed by atoms with Crippen molar-refractivity contribution in [3.63, 3.8) is 0 Å². The molecule has 0 heterocycles. The van der Waals surface area contributed by atoms with Gasteiger partial charge in [0, 0.05) is 12.1 Å². The Bertz CT molecular complexity index is 187. The van der Waals surface area contributed by atoms with E-state index in [1.54, 1.807) is 0 Å².